The number of para-hydroxylation sites is 8. The molecule has 12 aromatic rings. The van der Waals surface area contributed by atoms with E-state index in [2.05, 4.69) is 265 Å². The van der Waals surface area contributed by atoms with Gasteiger partial charge in [-0.05, 0) is 145 Å². The second-order valence-electron chi connectivity index (χ2n) is 18.4. The summed E-state index contributed by atoms with van der Waals surface area (Å²) in [6, 6.07) is 95.2. The van der Waals surface area contributed by atoms with Crippen LogP contribution in [-0.2, 0) is 0 Å². The van der Waals surface area contributed by atoms with Crippen LogP contribution in [0, 0.1) is 0 Å². The van der Waals surface area contributed by atoms with Gasteiger partial charge in [-0.3, -0.25) is 0 Å². The molecule has 2 aliphatic rings. The van der Waals surface area contributed by atoms with Gasteiger partial charge < -0.3 is 19.3 Å². The first-order valence-electron chi connectivity index (χ1n) is 24.5. The van der Waals surface area contributed by atoms with Crippen LogP contribution in [0.5, 0.6) is 23.0 Å². The summed E-state index contributed by atoms with van der Waals surface area (Å²) in [5, 5.41) is 4.78. The summed E-state index contributed by atoms with van der Waals surface area (Å²) in [7, 11) is 0. The minimum Gasteiger partial charge on any atom is -0.452 e. The van der Waals surface area contributed by atoms with Crippen molar-refractivity contribution in [3.05, 3.63) is 267 Å². The Labute approximate surface area is 418 Å². The van der Waals surface area contributed by atoms with E-state index in [9.17, 15) is 0 Å². The van der Waals surface area contributed by atoms with Gasteiger partial charge in [0.1, 0.15) is 0 Å². The highest BCUT2D eigenvalue weighted by molar-refractivity contribution is 6.19. The lowest BCUT2D eigenvalue weighted by Crippen LogP contribution is -2.16. The van der Waals surface area contributed by atoms with Crippen molar-refractivity contribution < 1.29 is 9.47 Å². The van der Waals surface area contributed by atoms with Crippen LogP contribution in [-0.4, -0.2) is 0 Å². The van der Waals surface area contributed by atoms with Gasteiger partial charge in [0.2, 0.25) is 0 Å². The summed E-state index contributed by atoms with van der Waals surface area (Å²) in [6.07, 6.45) is 0. The summed E-state index contributed by atoms with van der Waals surface area (Å²) in [5.74, 6) is 3.32. The van der Waals surface area contributed by atoms with Crippen LogP contribution in [0.25, 0.3) is 77.2 Å². The fourth-order valence-corrected chi connectivity index (χ4v) is 11.0. The van der Waals surface area contributed by atoms with Crippen LogP contribution in [0.4, 0.5) is 34.1 Å². The average molecular weight is 921 g/mol. The molecule has 0 saturated carbocycles. The standard InChI is InChI=1S/C68H44N2O2/c1-4-20-45(21-5-1)66-56-34-16-30-52(46-22-14-24-48(42-46)54-32-18-38-62-67(54)71-64-40-12-10-36-60(64)69(62)50-26-6-2-7-27-50)58(56)44-59-53(31-17-35-57(59)66)47-23-15-25-49(43-47)55-33-19-39-63-68(55)72-65-41-13-11-37-61(65)70(63)51-28-8-3-9-29-51/h1-44H. The molecule has 2 aliphatic heterocycles. The van der Waals surface area contributed by atoms with E-state index in [0.717, 1.165) is 102 Å². The number of anilines is 6. The summed E-state index contributed by atoms with van der Waals surface area (Å²) in [4.78, 5) is 4.60. The first kappa shape index (κ1) is 41.3. The molecule has 0 unspecified atom stereocenters. The molecule has 12 aromatic carbocycles. The van der Waals surface area contributed by atoms with E-state index in [1.807, 2.05) is 12.1 Å². The molecule has 4 heteroatoms. The molecule has 0 bridgehead atoms. The summed E-state index contributed by atoms with van der Waals surface area (Å²) in [6.45, 7) is 0. The smallest absolute Gasteiger partial charge is 0.159 e. The van der Waals surface area contributed by atoms with E-state index in [-0.39, 0.29) is 0 Å². The fourth-order valence-electron chi connectivity index (χ4n) is 11.0. The number of rotatable bonds is 7. The molecule has 338 valence electrons. The Morgan fingerprint density at radius 3 is 1.06 bits per heavy atom. The molecule has 0 fully saturated rings. The molecule has 14 rings (SSSR count). The van der Waals surface area contributed by atoms with E-state index in [4.69, 9.17) is 9.47 Å². The third-order valence-corrected chi connectivity index (χ3v) is 14.2. The Kier molecular flexibility index (Phi) is 9.82. The number of benzene rings is 12. The van der Waals surface area contributed by atoms with Crippen LogP contribution in [0.1, 0.15) is 0 Å². The summed E-state index contributed by atoms with van der Waals surface area (Å²) < 4.78 is 13.7. The third kappa shape index (κ3) is 6.84. The maximum atomic E-state index is 6.85. The topological polar surface area (TPSA) is 24.9 Å². The van der Waals surface area contributed by atoms with Crippen molar-refractivity contribution in [1.82, 2.24) is 0 Å². The monoisotopic (exact) mass is 920 g/mol. The van der Waals surface area contributed by atoms with Gasteiger partial charge in [0.15, 0.2) is 23.0 Å². The highest BCUT2D eigenvalue weighted by Crippen LogP contribution is 2.56. The SMILES string of the molecule is c1ccc(-c2c3cccc(-c4cccc(-c5cccc6c5Oc5ccccc5N6c5ccccc5)c4)c3cc3c(-c4cccc(-c5cccc6c5Oc5ccccc5N6c5ccccc5)c4)cccc23)cc1. The van der Waals surface area contributed by atoms with Crippen molar-refractivity contribution >= 4 is 55.7 Å². The molecular formula is C68H44N2O2. The molecule has 0 amide bonds. The maximum Gasteiger partial charge on any atom is 0.159 e. The Morgan fingerprint density at radius 1 is 0.236 bits per heavy atom. The molecule has 2 heterocycles. The zero-order valence-corrected chi connectivity index (χ0v) is 39.1. The molecule has 72 heavy (non-hydrogen) atoms. The first-order valence-corrected chi connectivity index (χ1v) is 24.5. The molecule has 0 radical (unpaired) electrons. The minimum absolute atomic E-state index is 0.824. The Morgan fingerprint density at radius 2 is 0.583 bits per heavy atom. The van der Waals surface area contributed by atoms with Crippen molar-refractivity contribution in [2.75, 3.05) is 9.80 Å². The number of hydrogen-bond acceptors (Lipinski definition) is 4. The van der Waals surface area contributed by atoms with Crippen LogP contribution in [0.2, 0.25) is 0 Å². The number of nitrogens with zero attached hydrogens (tertiary/aromatic N) is 2. The lowest BCUT2D eigenvalue weighted by Gasteiger charge is -2.34. The molecular weight excluding hydrogens is 877 g/mol. The second-order valence-corrected chi connectivity index (χ2v) is 18.4. The lowest BCUT2D eigenvalue weighted by molar-refractivity contribution is 0.478. The molecule has 0 aliphatic carbocycles. The van der Waals surface area contributed by atoms with Gasteiger partial charge in [-0.15, -0.1) is 0 Å². The second kappa shape index (κ2) is 17.1. The van der Waals surface area contributed by atoms with E-state index in [0.29, 0.717) is 0 Å². The normalized spacial score (nSPS) is 12.3. The third-order valence-electron chi connectivity index (χ3n) is 14.2. The zero-order valence-electron chi connectivity index (χ0n) is 39.1. The van der Waals surface area contributed by atoms with Gasteiger partial charge >= 0.3 is 0 Å². The van der Waals surface area contributed by atoms with Crippen LogP contribution < -0.4 is 19.3 Å². The Bertz CT molecular complexity index is 3810. The molecule has 0 saturated heterocycles. The van der Waals surface area contributed by atoms with E-state index < -0.39 is 0 Å². The Balaban J connectivity index is 0.921. The van der Waals surface area contributed by atoms with Crippen LogP contribution in [0.3, 0.4) is 0 Å². The summed E-state index contributed by atoms with van der Waals surface area (Å²) in [5.41, 5.74) is 17.4. The highest BCUT2D eigenvalue weighted by Gasteiger charge is 2.30. The van der Waals surface area contributed by atoms with Gasteiger partial charge in [-0.25, -0.2) is 0 Å². The van der Waals surface area contributed by atoms with Gasteiger partial charge in [-0.2, -0.15) is 0 Å². The largest absolute Gasteiger partial charge is 0.452 e. The quantitative estimate of drug-likeness (QED) is 0.149. The number of ether oxygens (including phenoxy) is 2. The molecule has 0 spiro atoms. The first-order chi connectivity index (χ1) is 35.7. The van der Waals surface area contributed by atoms with Gasteiger partial charge in [0.05, 0.1) is 22.7 Å². The number of fused-ring (bicyclic) bond motifs is 6. The van der Waals surface area contributed by atoms with E-state index in [1.54, 1.807) is 0 Å². The molecule has 0 aromatic heterocycles. The van der Waals surface area contributed by atoms with Crippen molar-refractivity contribution in [2.45, 2.75) is 0 Å². The van der Waals surface area contributed by atoms with Crippen LogP contribution in [0.15, 0.2) is 267 Å². The van der Waals surface area contributed by atoms with Crippen molar-refractivity contribution in [2.24, 2.45) is 0 Å². The van der Waals surface area contributed by atoms with E-state index in [1.165, 1.54) is 32.7 Å². The van der Waals surface area contributed by atoms with E-state index >= 15 is 0 Å². The van der Waals surface area contributed by atoms with Crippen molar-refractivity contribution in [3.8, 4) is 78.6 Å². The minimum atomic E-state index is 0.824. The predicted octanol–water partition coefficient (Wildman–Crippen LogP) is 19.5. The number of hydrogen-bond donors (Lipinski definition) is 0. The Hall–Kier alpha value is -9.64. The van der Waals surface area contributed by atoms with Gasteiger partial charge in [0.25, 0.3) is 0 Å². The molecule has 4 nitrogen and oxygen atoms in total. The van der Waals surface area contributed by atoms with Gasteiger partial charge in [0, 0.05) is 22.5 Å². The molecule has 0 N–H and O–H groups in total. The van der Waals surface area contributed by atoms with Crippen LogP contribution >= 0.6 is 0 Å². The maximum absolute atomic E-state index is 6.85. The fraction of sp³-hybridized carbons (Fsp3) is 0. The summed E-state index contributed by atoms with van der Waals surface area (Å²) >= 11 is 0. The highest BCUT2D eigenvalue weighted by atomic mass is 16.5. The van der Waals surface area contributed by atoms with Crippen molar-refractivity contribution in [3.63, 3.8) is 0 Å². The predicted molar refractivity (Wildman–Crippen MR) is 298 cm³/mol. The van der Waals surface area contributed by atoms with Gasteiger partial charge in [-0.1, -0.05) is 188 Å². The zero-order chi connectivity index (χ0) is 47.5. The lowest BCUT2D eigenvalue weighted by atomic mass is 9.85. The molecule has 0 atom stereocenters. The average Bonchev–Trinajstić information content (AvgIpc) is 3.45. The van der Waals surface area contributed by atoms with Crippen molar-refractivity contribution in [1.29, 1.82) is 0 Å².